The molecule has 1 aliphatic heterocycles. The van der Waals surface area contributed by atoms with Crippen molar-refractivity contribution in [2.75, 3.05) is 6.61 Å². The van der Waals surface area contributed by atoms with E-state index in [0.29, 0.717) is 6.42 Å². The standard InChI is InChI=1S/C16H22O5/c1-11-4-6-13(7-5-11)16(3)9-8-15(20-21-16)14(18)10-19-12(2)17/h4-7,14-15,18H,8-10H2,1-3H3/t14-,15+,16?/m0/s1. The van der Waals surface area contributed by atoms with Gasteiger partial charge < -0.3 is 9.84 Å². The second-order valence-corrected chi connectivity index (χ2v) is 5.72. The number of hydrogen-bond acceptors (Lipinski definition) is 5. The van der Waals surface area contributed by atoms with Gasteiger partial charge in [-0.25, -0.2) is 9.78 Å². The van der Waals surface area contributed by atoms with Crippen molar-refractivity contribution in [1.82, 2.24) is 0 Å². The Labute approximate surface area is 124 Å². The molecule has 1 unspecified atom stereocenters. The van der Waals surface area contributed by atoms with Gasteiger partial charge in [0.25, 0.3) is 0 Å². The van der Waals surface area contributed by atoms with Crippen molar-refractivity contribution in [2.24, 2.45) is 0 Å². The van der Waals surface area contributed by atoms with Crippen LogP contribution < -0.4 is 0 Å². The van der Waals surface area contributed by atoms with Crippen LogP contribution in [0.15, 0.2) is 24.3 Å². The van der Waals surface area contributed by atoms with E-state index < -0.39 is 23.8 Å². The summed E-state index contributed by atoms with van der Waals surface area (Å²) in [6.45, 7) is 5.22. The summed E-state index contributed by atoms with van der Waals surface area (Å²) < 4.78 is 4.78. The van der Waals surface area contributed by atoms with Gasteiger partial charge in [0.15, 0.2) is 0 Å². The van der Waals surface area contributed by atoms with E-state index in [1.807, 2.05) is 38.1 Å². The second kappa shape index (κ2) is 6.56. The first-order valence-corrected chi connectivity index (χ1v) is 7.14. The Morgan fingerprint density at radius 1 is 1.48 bits per heavy atom. The van der Waals surface area contributed by atoms with E-state index in [4.69, 9.17) is 14.5 Å². The number of rotatable bonds is 4. The van der Waals surface area contributed by atoms with E-state index in [0.717, 1.165) is 12.0 Å². The second-order valence-electron chi connectivity index (χ2n) is 5.72. The maximum atomic E-state index is 10.7. The van der Waals surface area contributed by atoms with Crippen LogP contribution in [0, 0.1) is 6.92 Å². The quantitative estimate of drug-likeness (QED) is 0.681. The molecule has 0 bridgehead atoms. The molecule has 0 aromatic heterocycles. The van der Waals surface area contributed by atoms with Crippen molar-refractivity contribution >= 4 is 5.97 Å². The number of aryl methyl sites for hydroxylation is 1. The number of hydrogen-bond donors (Lipinski definition) is 1. The fourth-order valence-electron chi connectivity index (χ4n) is 2.34. The Morgan fingerprint density at radius 3 is 2.67 bits per heavy atom. The van der Waals surface area contributed by atoms with E-state index >= 15 is 0 Å². The van der Waals surface area contributed by atoms with E-state index in [2.05, 4.69) is 0 Å². The third-order valence-electron chi connectivity index (χ3n) is 3.81. The molecule has 1 aliphatic rings. The van der Waals surface area contributed by atoms with Crippen LogP contribution >= 0.6 is 0 Å². The fraction of sp³-hybridized carbons (Fsp3) is 0.562. The molecule has 0 radical (unpaired) electrons. The minimum absolute atomic E-state index is 0.0788. The first-order chi connectivity index (χ1) is 9.90. The molecular formula is C16H22O5. The highest BCUT2D eigenvalue weighted by molar-refractivity contribution is 5.65. The number of benzene rings is 1. The highest BCUT2D eigenvalue weighted by Crippen LogP contribution is 2.36. The van der Waals surface area contributed by atoms with Gasteiger partial charge in [-0.15, -0.1) is 0 Å². The third-order valence-corrected chi connectivity index (χ3v) is 3.81. The van der Waals surface area contributed by atoms with Crippen LogP contribution in [0.1, 0.15) is 37.8 Å². The molecule has 116 valence electrons. The Hall–Kier alpha value is -1.43. The molecule has 5 heteroatoms. The molecule has 0 aliphatic carbocycles. The smallest absolute Gasteiger partial charge is 0.302 e. The molecule has 3 atom stereocenters. The van der Waals surface area contributed by atoms with Crippen molar-refractivity contribution in [1.29, 1.82) is 0 Å². The van der Waals surface area contributed by atoms with Crippen molar-refractivity contribution in [3.8, 4) is 0 Å². The first-order valence-electron chi connectivity index (χ1n) is 7.14. The molecule has 1 aromatic rings. The zero-order valence-electron chi connectivity index (χ0n) is 12.7. The van der Waals surface area contributed by atoms with Crippen LogP contribution in [0.25, 0.3) is 0 Å². The lowest BCUT2D eigenvalue weighted by atomic mass is 9.88. The SMILES string of the molecule is CC(=O)OC[C@H](O)[C@H]1CCC(C)(c2ccc(C)cc2)OO1. The van der Waals surface area contributed by atoms with Crippen molar-refractivity contribution in [2.45, 2.75) is 51.4 Å². The summed E-state index contributed by atoms with van der Waals surface area (Å²) in [6.07, 6.45) is -0.00987. The lowest BCUT2D eigenvalue weighted by Crippen LogP contribution is -2.42. The van der Waals surface area contributed by atoms with Crippen LogP contribution in [-0.4, -0.2) is 29.9 Å². The minimum atomic E-state index is -0.878. The topological polar surface area (TPSA) is 65.0 Å². The van der Waals surface area contributed by atoms with Gasteiger partial charge in [-0.05, 0) is 32.3 Å². The summed E-state index contributed by atoms with van der Waals surface area (Å²) in [5.41, 5.74) is 1.71. The van der Waals surface area contributed by atoms with Crippen LogP contribution in [0.4, 0.5) is 0 Å². The maximum absolute atomic E-state index is 10.7. The third kappa shape index (κ3) is 4.03. The van der Waals surface area contributed by atoms with Gasteiger partial charge in [0, 0.05) is 6.92 Å². The van der Waals surface area contributed by atoms with Crippen molar-refractivity contribution < 1.29 is 24.4 Å². The highest BCUT2D eigenvalue weighted by Gasteiger charge is 2.38. The predicted molar refractivity (Wildman–Crippen MR) is 76.4 cm³/mol. The molecule has 1 heterocycles. The number of ether oxygens (including phenoxy) is 1. The van der Waals surface area contributed by atoms with E-state index in [1.165, 1.54) is 12.5 Å². The summed E-state index contributed by atoms with van der Waals surface area (Å²) >= 11 is 0. The number of esters is 1. The average molecular weight is 294 g/mol. The van der Waals surface area contributed by atoms with Gasteiger partial charge in [-0.2, -0.15) is 0 Å². The Morgan fingerprint density at radius 2 is 2.14 bits per heavy atom. The van der Waals surface area contributed by atoms with Crippen LogP contribution in [-0.2, 0) is 24.9 Å². The molecule has 1 fully saturated rings. The number of aliphatic hydroxyl groups excluding tert-OH is 1. The monoisotopic (exact) mass is 294 g/mol. The van der Waals surface area contributed by atoms with Crippen LogP contribution in [0.3, 0.4) is 0 Å². The average Bonchev–Trinajstić information content (AvgIpc) is 2.46. The fourth-order valence-corrected chi connectivity index (χ4v) is 2.34. The normalized spacial score (nSPS) is 27.1. The molecule has 21 heavy (non-hydrogen) atoms. The summed E-state index contributed by atoms with van der Waals surface area (Å²) in [5, 5.41) is 9.92. The largest absolute Gasteiger partial charge is 0.463 e. The first kappa shape index (κ1) is 15.9. The lowest BCUT2D eigenvalue weighted by Gasteiger charge is -2.37. The lowest BCUT2D eigenvalue weighted by molar-refractivity contribution is -0.420. The van der Waals surface area contributed by atoms with Crippen molar-refractivity contribution in [3.05, 3.63) is 35.4 Å². The zero-order valence-corrected chi connectivity index (χ0v) is 12.7. The van der Waals surface area contributed by atoms with E-state index in [1.54, 1.807) is 0 Å². The zero-order chi connectivity index (χ0) is 15.5. The summed E-state index contributed by atoms with van der Waals surface area (Å²) in [4.78, 5) is 21.6. The molecule has 5 nitrogen and oxygen atoms in total. The van der Waals surface area contributed by atoms with Crippen LogP contribution in [0.2, 0.25) is 0 Å². The van der Waals surface area contributed by atoms with Gasteiger partial charge in [0.1, 0.15) is 24.4 Å². The Kier molecular flexibility index (Phi) is 4.98. The Bertz CT molecular complexity index is 474. The molecule has 0 saturated carbocycles. The minimum Gasteiger partial charge on any atom is -0.463 e. The van der Waals surface area contributed by atoms with Gasteiger partial charge in [0.05, 0.1) is 0 Å². The molecule has 2 rings (SSSR count). The van der Waals surface area contributed by atoms with E-state index in [9.17, 15) is 9.90 Å². The predicted octanol–water partition coefficient (Wildman–Crippen LogP) is 2.24. The summed E-state index contributed by atoms with van der Waals surface area (Å²) in [7, 11) is 0. The highest BCUT2D eigenvalue weighted by atomic mass is 17.2. The van der Waals surface area contributed by atoms with Crippen LogP contribution in [0.5, 0.6) is 0 Å². The molecule has 1 N–H and O–H groups in total. The Balaban J connectivity index is 1.92. The number of carbonyl (C=O) groups is 1. The summed E-state index contributed by atoms with van der Waals surface area (Å²) in [5.74, 6) is -0.421. The maximum Gasteiger partial charge on any atom is 0.302 e. The van der Waals surface area contributed by atoms with Gasteiger partial charge in [-0.1, -0.05) is 29.8 Å². The van der Waals surface area contributed by atoms with Gasteiger partial charge in [-0.3, -0.25) is 4.79 Å². The van der Waals surface area contributed by atoms with Crippen molar-refractivity contribution in [3.63, 3.8) is 0 Å². The molecule has 1 aromatic carbocycles. The molecule has 0 amide bonds. The summed E-state index contributed by atoms with van der Waals surface area (Å²) in [6, 6.07) is 8.11. The molecule has 0 spiro atoms. The van der Waals surface area contributed by atoms with E-state index in [-0.39, 0.29) is 6.61 Å². The number of carbonyl (C=O) groups excluding carboxylic acids is 1. The molecule has 1 saturated heterocycles. The molecular weight excluding hydrogens is 272 g/mol. The van der Waals surface area contributed by atoms with Gasteiger partial charge in [0.2, 0.25) is 0 Å². The number of aliphatic hydroxyl groups is 1. The van der Waals surface area contributed by atoms with Gasteiger partial charge >= 0.3 is 5.97 Å².